The molecule has 0 aliphatic heterocycles. The molecule has 0 saturated carbocycles. The highest BCUT2D eigenvalue weighted by atomic mass is 32.1. The summed E-state index contributed by atoms with van der Waals surface area (Å²) in [7, 11) is 0. The number of hydrogen-bond acceptors (Lipinski definition) is 4. The van der Waals surface area contributed by atoms with Gasteiger partial charge in [-0.25, -0.2) is 9.78 Å². The lowest BCUT2D eigenvalue weighted by Gasteiger charge is -2.16. The van der Waals surface area contributed by atoms with Crippen LogP contribution in [0.4, 0.5) is 0 Å². The lowest BCUT2D eigenvalue weighted by Crippen LogP contribution is -2.30. The molecule has 0 bridgehead atoms. The van der Waals surface area contributed by atoms with Crippen molar-refractivity contribution in [2.45, 2.75) is 19.9 Å². The predicted octanol–water partition coefficient (Wildman–Crippen LogP) is 4.42. The standard InChI is InChI=1S/C22H18N2O3S/c1-13-8-10-15(11-9-13)17-14(2)28-20-18(17)21(25)24(12-23-20)19(22(26)27)16-6-4-3-5-7-16/h3-12,19H,1-2H3,(H,26,27). The Morgan fingerprint density at radius 3 is 2.39 bits per heavy atom. The number of aliphatic carboxylic acids is 1. The molecule has 0 spiro atoms. The number of carbonyl (C=O) groups is 1. The van der Waals surface area contributed by atoms with Crippen LogP contribution in [0.5, 0.6) is 0 Å². The molecule has 0 amide bonds. The van der Waals surface area contributed by atoms with Gasteiger partial charge in [0.2, 0.25) is 0 Å². The van der Waals surface area contributed by atoms with Gasteiger partial charge in [-0.2, -0.15) is 0 Å². The van der Waals surface area contributed by atoms with Crippen LogP contribution in [0.2, 0.25) is 0 Å². The summed E-state index contributed by atoms with van der Waals surface area (Å²) in [6, 6.07) is 15.6. The molecule has 5 nitrogen and oxygen atoms in total. The first kappa shape index (κ1) is 18.1. The first-order valence-electron chi connectivity index (χ1n) is 8.82. The van der Waals surface area contributed by atoms with E-state index in [4.69, 9.17) is 0 Å². The second-order valence-corrected chi connectivity index (χ2v) is 7.89. The van der Waals surface area contributed by atoms with E-state index in [0.717, 1.165) is 21.6 Å². The largest absolute Gasteiger partial charge is 0.479 e. The van der Waals surface area contributed by atoms with Gasteiger partial charge in [0.25, 0.3) is 5.56 Å². The summed E-state index contributed by atoms with van der Waals surface area (Å²) in [5.74, 6) is -1.10. The fraction of sp³-hybridized carbons (Fsp3) is 0.136. The van der Waals surface area contributed by atoms with Crippen molar-refractivity contribution in [1.29, 1.82) is 0 Å². The Balaban J connectivity index is 1.98. The molecular formula is C22H18N2O3S. The van der Waals surface area contributed by atoms with Crippen LogP contribution in [0.1, 0.15) is 22.0 Å². The summed E-state index contributed by atoms with van der Waals surface area (Å²) in [6.07, 6.45) is 1.34. The maximum atomic E-state index is 13.4. The normalized spacial score (nSPS) is 12.2. The molecule has 2 heterocycles. The molecule has 0 aliphatic carbocycles. The Kier molecular flexibility index (Phi) is 4.57. The van der Waals surface area contributed by atoms with Crippen molar-refractivity contribution >= 4 is 27.5 Å². The van der Waals surface area contributed by atoms with Gasteiger partial charge >= 0.3 is 5.97 Å². The molecule has 2 aromatic heterocycles. The van der Waals surface area contributed by atoms with E-state index in [1.54, 1.807) is 24.3 Å². The van der Waals surface area contributed by atoms with Crippen molar-refractivity contribution < 1.29 is 9.90 Å². The number of aromatic nitrogens is 2. The van der Waals surface area contributed by atoms with E-state index in [0.29, 0.717) is 15.8 Å². The van der Waals surface area contributed by atoms with Gasteiger partial charge in [-0.1, -0.05) is 60.2 Å². The minimum absolute atomic E-state index is 0.346. The van der Waals surface area contributed by atoms with Crippen LogP contribution in [0.15, 0.2) is 65.7 Å². The van der Waals surface area contributed by atoms with Crippen LogP contribution in [-0.4, -0.2) is 20.6 Å². The molecule has 1 N–H and O–H groups in total. The molecular weight excluding hydrogens is 372 g/mol. The van der Waals surface area contributed by atoms with Crippen molar-refractivity contribution in [3.63, 3.8) is 0 Å². The summed E-state index contributed by atoms with van der Waals surface area (Å²) in [4.78, 5) is 31.4. The summed E-state index contributed by atoms with van der Waals surface area (Å²) in [5.41, 5.74) is 3.07. The van der Waals surface area contributed by atoms with Gasteiger partial charge < -0.3 is 5.11 Å². The maximum Gasteiger partial charge on any atom is 0.331 e. The Bertz CT molecular complexity index is 1220. The molecule has 28 heavy (non-hydrogen) atoms. The van der Waals surface area contributed by atoms with E-state index >= 15 is 0 Å². The number of carboxylic acid groups (broad SMARTS) is 1. The smallest absolute Gasteiger partial charge is 0.331 e. The first-order valence-corrected chi connectivity index (χ1v) is 9.64. The predicted molar refractivity (Wildman–Crippen MR) is 111 cm³/mol. The SMILES string of the molecule is Cc1ccc(-c2c(C)sc3ncn(C(C(=O)O)c4ccccc4)c(=O)c23)cc1. The lowest BCUT2D eigenvalue weighted by molar-refractivity contribution is -0.139. The van der Waals surface area contributed by atoms with Crippen molar-refractivity contribution in [3.05, 3.63) is 87.3 Å². The van der Waals surface area contributed by atoms with Crippen LogP contribution >= 0.6 is 11.3 Å². The fourth-order valence-electron chi connectivity index (χ4n) is 3.42. The lowest BCUT2D eigenvalue weighted by atomic mass is 10.0. The summed E-state index contributed by atoms with van der Waals surface area (Å²) in [6.45, 7) is 3.96. The van der Waals surface area contributed by atoms with Gasteiger partial charge in [-0.05, 0) is 25.0 Å². The van der Waals surface area contributed by atoms with E-state index in [-0.39, 0.29) is 5.56 Å². The molecule has 4 rings (SSSR count). The molecule has 6 heteroatoms. The average molecular weight is 390 g/mol. The number of nitrogens with zero attached hydrogens (tertiary/aromatic N) is 2. The van der Waals surface area contributed by atoms with Gasteiger partial charge in [0.05, 0.1) is 5.39 Å². The zero-order valence-electron chi connectivity index (χ0n) is 15.4. The Morgan fingerprint density at radius 2 is 1.75 bits per heavy atom. The minimum atomic E-state index is -1.13. The number of aryl methyl sites for hydroxylation is 2. The zero-order chi connectivity index (χ0) is 19.8. The van der Waals surface area contributed by atoms with E-state index < -0.39 is 12.0 Å². The van der Waals surface area contributed by atoms with Crippen LogP contribution in [0, 0.1) is 13.8 Å². The Labute approximate surface area is 165 Å². The molecule has 140 valence electrons. The number of benzene rings is 2. The van der Waals surface area contributed by atoms with Crippen molar-refractivity contribution in [1.82, 2.24) is 9.55 Å². The molecule has 0 radical (unpaired) electrons. The summed E-state index contributed by atoms with van der Waals surface area (Å²) < 4.78 is 1.21. The number of hydrogen-bond donors (Lipinski definition) is 1. The van der Waals surface area contributed by atoms with Crippen molar-refractivity contribution in [2.24, 2.45) is 0 Å². The average Bonchev–Trinajstić information content (AvgIpc) is 3.02. The number of rotatable bonds is 4. The third-order valence-corrected chi connectivity index (χ3v) is 5.79. The molecule has 0 aliphatic rings. The third-order valence-electron chi connectivity index (χ3n) is 4.78. The fourth-order valence-corrected chi connectivity index (χ4v) is 4.43. The van der Waals surface area contributed by atoms with E-state index in [9.17, 15) is 14.7 Å². The molecule has 1 atom stereocenters. The topological polar surface area (TPSA) is 72.2 Å². The Hall–Kier alpha value is -3.25. The second kappa shape index (κ2) is 7.05. The second-order valence-electron chi connectivity index (χ2n) is 6.69. The molecule has 0 fully saturated rings. The van der Waals surface area contributed by atoms with Gasteiger partial charge in [0.1, 0.15) is 11.2 Å². The minimum Gasteiger partial charge on any atom is -0.479 e. The highest BCUT2D eigenvalue weighted by molar-refractivity contribution is 7.19. The third kappa shape index (κ3) is 3.01. The van der Waals surface area contributed by atoms with Crippen molar-refractivity contribution in [2.75, 3.05) is 0 Å². The van der Waals surface area contributed by atoms with Crippen LogP contribution in [-0.2, 0) is 4.79 Å². The quantitative estimate of drug-likeness (QED) is 0.560. The molecule has 2 aromatic carbocycles. The van der Waals surface area contributed by atoms with Crippen LogP contribution in [0.3, 0.4) is 0 Å². The molecule has 1 unspecified atom stereocenters. The van der Waals surface area contributed by atoms with Crippen molar-refractivity contribution in [3.8, 4) is 11.1 Å². The Morgan fingerprint density at radius 1 is 1.07 bits per heavy atom. The van der Waals surface area contributed by atoms with Gasteiger partial charge in [0.15, 0.2) is 6.04 Å². The maximum absolute atomic E-state index is 13.4. The molecule has 0 saturated heterocycles. The van der Waals surface area contributed by atoms with Crippen LogP contribution < -0.4 is 5.56 Å². The number of thiophene rings is 1. The number of carboxylic acids is 1. The monoisotopic (exact) mass is 390 g/mol. The summed E-state index contributed by atoms with van der Waals surface area (Å²) >= 11 is 1.44. The highest BCUT2D eigenvalue weighted by Crippen LogP contribution is 2.35. The highest BCUT2D eigenvalue weighted by Gasteiger charge is 2.26. The van der Waals surface area contributed by atoms with E-state index in [1.807, 2.05) is 44.2 Å². The van der Waals surface area contributed by atoms with Crippen LogP contribution in [0.25, 0.3) is 21.3 Å². The van der Waals surface area contributed by atoms with Gasteiger partial charge in [-0.15, -0.1) is 11.3 Å². The van der Waals surface area contributed by atoms with E-state index in [1.165, 1.54) is 22.2 Å². The zero-order valence-corrected chi connectivity index (χ0v) is 16.2. The summed E-state index contributed by atoms with van der Waals surface area (Å²) in [5, 5.41) is 10.3. The van der Waals surface area contributed by atoms with Gasteiger partial charge in [-0.3, -0.25) is 9.36 Å². The first-order chi connectivity index (χ1) is 13.5. The van der Waals surface area contributed by atoms with Gasteiger partial charge in [0, 0.05) is 10.4 Å². The molecule has 4 aromatic rings. The van der Waals surface area contributed by atoms with E-state index in [2.05, 4.69) is 4.98 Å². The number of fused-ring (bicyclic) bond motifs is 1.